The number of carbonyl (C=O) groups is 2. The SMILES string of the molecule is CC/C=C\C/C=C\C/C=C\C/C=C\C/C=C\C/C=C\C/C=C\C/C=C\C/C=C\CCCCCCCCCCCCCC(=O)OC(CO)COC(=O)CCCC/C=C\C/C=C\C/C=C\C/C=C\CC. The Labute approximate surface area is 418 Å². The maximum absolute atomic E-state index is 12.3. The van der Waals surface area contributed by atoms with Crippen LogP contribution in [-0.2, 0) is 19.1 Å². The van der Waals surface area contributed by atoms with Gasteiger partial charge in [0, 0.05) is 12.8 Å². The van der Waals surface area contributed by atoms with Gasteiger partial charge >= 0.3 is 11.9 Å². The summed E-state index contributed by atoms with van der Waals surface area (Å²) in [7, 11) is 0. The molecular weight excluding hydrogens is 837 g/mol. The largest absolute Gasteiger partial charge is 0.462 e. The third kappa shape index (κ3) is 54.1. The van der Waals surface area contributed by atoms with Gasteiger partial charge < -0.3 is 14.6 Å². The van der Waals surface area contributed by atoms with Crippen LogP contribution in [0, 0.1) is 0 Å². The molecule has 0 bridgehead atoms. The normalized spacial score (nSPS) is 13.5. The molecule has 1 N–H and O–H groups in total. The summed E-state index contributed by atoms with van der Waals surface area (Å²) in [6.45, 7) is 3.85. The molecule has 68 heavy (non-hydrogen) atoms. The average Bonchev–Trinajstić information content (AvgIpc) is 3.34. The van der Waals surface area contributed by atoms with Crippen LogP contribution in [-0.4, -0.2) is 36.4 Å². The lowest BCUT2D eigenvalue weighted by Gasteiger charge is -2.15. The summed E-state index contributed by atoms with van der Waals surface area (Å²) in [5.74, 6) is -0.654. The zero-order valence-electron chi connectivity index (χ0n) is 43.3. The third-order valence-electron chi connectivity index (χ3n) is 10.8. The second-order valence-electron chi connectivity index (χ2n) is 17.2. The second-order valence-corrected chi connectivity index (χ2v) is 17.2. The molecule has 1 atom stereocenters. The van der Waals surface area contributed by atoms with Gasteiger partial charge in [-0.2, -0.15) is 0 Å². The Hall–Kier alpha value is -4.48. The maximum Gasteiger partial charge on any atom is 0.306 e. The minimum Gasteiger partial charge on any atom is -0.462 e. The van der Waals surface area contributed by atoms with Gasteiger partial charge in [0.25, 0.3) is 0 Å². The highest BCUT2D eigenvalue weighted by molar-refractivity contribution is 5.70. The highest BCUT2D eigenvalue weighted by Crippen LogP contribution is 2.14. The predicted octanol–water partition coefficient (Wildman–Crippen LogP) is 18.4. The summed E-state index contributed by atoms with van der Waals surface area (Å²) in [6, 6.07) is 0. The van der Waals surface area contributed by atoms with Gasteiger partial charge in [-0.1, -0.05) is 230 Å². The molecule has 0 heterocycles. The van der Waals surface area contributed by atoms with Crippen molar-refractivity contribution in [2.75, 3.05) is 13.2 Å². The number of aliphatic hydroxyl groups excluding tert-OH is 1. The summed E-state index contributed by atoms with van der Waals surface area (Å²) in [4.78, 5) is 24.4. The number of aliphatic hydroxyl groups is 1. The van der Waals surface area contributed by atoms with E-state index >= 15 is 0 Å². The fraction of sp³-hybridized carbons (Fsp3) is 0.556. The van der Waals surface area contributed by atoms with E-state index in [1.165, 1.54) is 57.8 Å². The van der Waals surface area contributed by atoms with Gasteiger partial charge in [-0.15, -0.1) is 0 Å². The molecule has 0 saturated carbocycles. The first kappa shape index (κ1) is 63.5. The van der Waals surface area contributed by atoms with Gasteiger partial charge in [-0.25, -0.2) is 0 Å². The molecule has 0 spiro atoms. The fourth-order valence-corrected chi connectivity index (χ4v) is 6.83. The lowest BCUT2D eigenvalue weighted by atomic mass is 10.0. The Morgan fingerprint density at radius 1 is 0.338 bits per heavy atom. The highest BCUT2D eigenvalue weighted by Gasteiger charge is 2.16. The number of carbonyl (C=O) groups excluding carboxylic acids is 2. The average molecular weight is 935 g/mol. The number of hydrogen-bond acceptors (Lipinski definition) is 5. The van der Waals surface area contributed by atoms with Gasteiger partial charge in [0.05, 0.1) is 6.61 Å². The van der Waals surface area contributed by atoms with Crippen LogP contribution >= 0.6 is 0 Å². The summed E-state index contributed by atoms with van der Waals surface area (Å²) < 4.78 is 10.6. The fourth-order valence-electron chi connectivity index (χ4n) is 6.83. The first-order valence-electron chi connectivity index (χ1n) is 27.0. The molecule has 0 aromatic heterocycles. The Balaban J connectivity index is 3.61. The molecule has 0 aliphatic heterocycles. The van der Waals surface area contributed by atoms with Crippen LogP contribution in [0.5, 0.6) is 0 Å². The van der Waals surface area contributed by atoms with Crippen molar-refractivity contribution in [3.8, 4) is 0 Å². The molecule has 0 aromatic carbocycles. The molecule has 0 radical (unpaired) electrons. The van der Waals surface area contributed by atoms with Crippen LogP contribution < -0.4 is 0 Å². The number of ether oxygens (including phenoxy) is 2. The third-order valence-corrected chi connectivity index (χ3v) is 10.8. The zero-order chi connectivity index (χ0) is 49.2. The van der Waals surface area contributed by atoms with Crippen molar-refractivity contribution >= 4 is 11.9 Å². The number of unbranched alkanes of at least 4 members (excludes halogenated alkanes) is 13. The first-order valence-corrected chi connectivity index (χ1v) is 27.0. The van der Waals surface area contributed by atoms with E-state index in [0.29, 0.717) is 12.8 Å². The van der Waals surface area contributed by atoms with Crippen molar-refractivity contribution in [2.45, 2.75) is 213 Å². The van der Waals surface area contributed by atoms with E-state index in [9.17, 15) is 14.7 Å². The minimum absolute atomic E-state index is 0.0976. The van der Waals surface area contributed by atoms with Crippen LogP contribution in [0.3, 0.4) is 0 Å². The van der Waals surface area contributed by atoms with Gasteiger partial charge in [-0.05, 0) is 122 Å². The molecule has 0 aliphatic carbocycles. The Morgan fingerprint density at radius 2 is 0.588 bits per heavy atom. The molecular formula is C63H98O5. The van der Waals surface area contributed by atoms with E-state index in [1.54, 1.807) is 0 Å². The van der Waals surface area contributed by atoms with Crippen LogP contribution in [0.1, 0.15) is 206 Å². The van der Waals surface area contributed by atoms with E-state index in [2.05, 4.69) is 172 Å². The summed E-state index contributed by atoms with van der Waals surface area (Å²) in [5, 5.41) is 9.61. The number of allylic oxidation sites excluding steroid dienone is 26. The Morgan fingerprint density at radius 3 is 0.912 bits per heavy atom. The van der Waals surface area contributed by atoms with Gasteiger partial charge in [0.1, 0.15) is 6.61 Å². The number of esters is 2. The van der Waals surface area contributed by atoms with E-state index in [-0.39, 0.29) is 25.2 Å². The maximum atomic E-state index is 12.3. The summed E-state index contributed by atoms with van der Waals surface area (Å²) >= 11 is 0. The number of hydrogen-bond donors (Lipinski definition) is 1. The topological polar surface area (TPSA) is 72.8 Å². The van der Waals surface area contributed by atoms with Crippen LogP contribution in [0.2, 0.25) is 0 Å². The predicted molar refractivity (Wildman–Crippen MR) is 297 cm³/mol. The second kappa shape index (κ2) is 56.8. The number of rotatable bonds is 47. The molecule has 5 heteroatoms. The lowest BCUT2D eigenvalue weighted by Crippen LogP contribution is -2.28. The quantitative estimate of drug-likeness (QED) is 0.0374. The molecule has 0 aliphatic rings. The van der Waals surface area contributed by atoms with E-state index < -0.39 is 6.10 Å². The van der Waals surface area contributed by atoms with E-state index in [4.69, 9.17) is 9.47 Å². The monoisotopic (exact) mass is 935 g/mol. The molecule has 0 rings (SSSR count). The summed E-state index contributed by atoms with van der Waals surface area (Å²) in [6.07, 6.45) is 87.8. The molecule has 1 unspecified atom stereocenters. The van der Waals surface area contributed by atoms with Gasteiger partial charge in [0.15, 0.2) is 6.10 Å². The van der Waals surface area contributed by atoms with Gasteiger partial charge in [-0.3, -0.25) is 9.59 Å². The van der Waals surface area contributed by atoms with Crippen molar-refractivity contribution < 1.29 is 24.2 Å². The molecule has 0 fully saturated rings. The molecule has 0 saturated heterocycles. The van der Waals surface area contributed by atoms with Crippen molar-refractivity contribution in [3.63, 3.8) is 0 Å². The lowest BCUT2D eigenvalue weighted by molar-refractivity contribution is -0.161. The highest BCUT2D eigenvalue weighted by atomic mass is 16.6. The zero-order valence-corrected chi connectivity index (χ0v) is 43.3. The van der Waals surface area contributed by atoms with Crippen molar-refractivity contribution in [2.24, 2.45) is 0 Å². The molecule has 0 aromatic rings. The van der Waals surface area contributed by atoms with E-state index in [0.717, 1.165) is 122 Å². The van der Waals surface area contributed by atoms with Crippen LogP contribution in [0.4, 0.5) is 0 Å². The van der Waals surface area contributed by atoms with Crippen LogP contribution in [0.25, 0.3) is 0 Å². The summed E-state index contributed by atoms with van der Waals surface area (Å²) in [5.41, 5.74) is 0. The minimum atomic E-state index is -0.801. The molecule has 380 valence electrons. The smallest absolute Gasteiger partial charge is 0.306 e. The van der Waals surface area contributed by atoms with Crippen molar-refractivity contribution in [1.82, 2.24) is 0 Å². The molecule has 5 nitrogen and oxygen atoms in total. The Bertz CT molecular complexity index is 1520. The van der Waals surface area contributed by atoms with Crippen molar-refractivity contribution in [3.05, 3.63) is 158 Å². The van der Waals surface area contributed by atoms with E-state index in [1.807, 2.05) is 0 Å². The van der Waals surface area contributed by atoms with Crippen LogP contribution in [0.15, 0.2) is 158 Å². The Kier molecular flexibility index (Phi) is 53.1. The first-order chi connectivity index (χ1) is 33.6. The van der Waals surface area contributed by atoms with Crippen molar-refractivity contribution in [1.29, 1.82) is 0 Å². The standard InChI is InChI=1S/C63H98O5/c1-3-5-7-9-11-13-15-17-19-20-21-22-23-24-25-26-27-28-29-30-31-32-33-34-35-36-37-38-39-40-41-42-44-46-48-50-52-54-56-58-63(66)68-61(59-64)60-67-62(65)57-55-53-51-49-47-45-43-18-16-14-12-10-8-6-4-2/h5-8,11-14,17-19,21-22,24-25,27-28,30-31,33-34,36-37,43,47,49,61,64H,3-4,9-10,15-16,20,23,26,29,32,35,38-42,44-46,48,50-60H2,1-2H3/b7-5-,8-6-,13-11-,14-12-,19-17-,22-21-,25-24-,28-27-,31-30-,34-33-,37-36-,43-18-,49-47-. The molecule has 0 amide bonds. The van der Waals surface area contributed by atoms with Gasteiger partial charge in [0.2, 0.25) is 0 Å².